The van der Waals surface area contributed by atoms with E-state index < -0.39 is 0 Å². The van der Waals surface area contributed by atoms with Gasteiger partial charge in [0.1, 0.15) is 6.10 Å². The molecule has 58 valence electrons. The summed E-state index contributed by atoms with van der Waals surface area (Å²) in [7, 11) is 0. The summed E-state index contributed by atoms with van der Waals surface area (Å²) in [5, 5.41) is 0. The zero-order chi connectivity index (χ0) is 7.72. The van der Waals surface area contributed by atoms with E-state index in [0.29, 0.717) is 18.3 Å². The van der Waals surface area contributed by atoms with Crippen LogP contribution in [-0.4, -0.2) is 12.1 Å². The third-order valence-corrected chi connectivity index (χ3v) is 2.18. The van der Waals surface area contributed by atoms with Gasteiger partial charge in [0.2, 0.25) is 0 Å². The van der Waals surface area contributed by atoms with Gasteiger partial charge in [0, 0.05) is 5.92 Å². The van der Waals surface area contributed by atoms with Gasteiger partial charge in [-0.1, -0.05) is 13.8 Å². The maximum absolute atomic E-state index is 10.7. The highest BCUT2D eigenvalue weighted by Crippen LogP contribution is 2.28. The van der Waals surface area contributed by atoms with Gasteiger partial charge in [-0.15, -0.1) is 0 Å². The van der Waals surface area contributed by atoms with E-state index in [9.17, 15) is 4.79 Å². The van der Waals surface area contributed by atoms with Gasteiger partial charge in [-0.05, 0) is 12.8 Å². The van der Waals surface area contributed by atoms with Crippen LogP contribution >= 0.6 is 0 Å². The van der Waals surface area contributed by atoms with E-state index in [2.05, 4.69) is 13.8 Å². The molecule has 1 aliphatic heterocycles. The minimum Gasteiger partial charge on any atom is -0.462 e. The van der Waals surface area contributed by atoms with E-state index in [0.717, 1.165) is 0 Å². The van der Waals surface area contributed by atoms with Gasteiger partial charge in [0.05, 0.1) is 6.42 Å². The van der Waals surface area contributed by atoms with Gasteiger partial charge < -0.3 is 4.74 Å². The lowest BCUT2D eigenvalue weighted by Crippen LogP contribution is -2.16. The van der Waals surface area contributed by atoms with Crippen LogP contribution < -0.4 is 0 Å². The van der Waals surface area contributed by atoms with Crippen LogP contribution in [0.15, 0.2) is 0 Å². The largest absolute Gasteiger partial charge is 0.462 e. The number of hydrogen-bond acceptors (Lipinski definition) is 2. The summed E-state index contributed by atoms with van der Waals surface area (Å²) in [5.41, 5.74) is 0. The Morgan fingerprint density at radius 1 is 1.60 bits per heavy atom. The normalized spacial score (nSPS) is 33.0. The summed E-state index contributed by atoms with van der Waals surface area (Å²) in [6.07, 6.45) is 0.742. The van der Waals surface area contributed by atoms with Crippen molar-refractivity contribution < 1.29 is 9.53 Å². The van der Waals surface area contributed by atoms with Crippen molar-refractivity contribution in [1.29, 1.82) is 0 Å². The van der Waals surface area contributed by atoms with Crippen LogP contribution in [0, 0.1) is 11.8 Å². The van der Waals surface area contributed by atoms with Gasteiger partial charge in [-0.25, -0.2) is 0 Å². The molecule has 1 fully saturated rings. The Kier molecular flexibility index (Phi) is 1.97. The number of esters is 1. The minimum absolute atomic E-state index is 0.0359. The van der Waals surface area contributed by atoms with Crippen molar-refractivity contribution in [1.82, 2.24) is 0 Å². The second kappa shape index (κ2) is 2.60. The Hall–Kier alpha value is -0.530. The smallest absolute Gasteiger partial charge is 0.306 e. The molecule has 0 bridgehead atoms. The summed E-state index contributed by atoms with van der Waals surface area (Å²) in [6.45, 7) is 6.22. The Morgan fingerprint density at radius 3 is 2.40 bits per heavy atom. The molecular weight excluding hydrogens is 128 g/mol. The molecule has 2 heteroatoms. The Morgan fingerprint density at radius 2 is 2.20 bits per heavy atom. The predicted octanol–water partition coefficient (Wildman–Crippen LogP) is 1.59. The van der Waals surface area contributed by atoms with Crippen LogP contribution in [0.5, 0.6) is 0 Å². The summed E-state index contributed by atoms with van der Waals surface area (Å²) in [6, 6.07) is 0. The predicted molar refractivity (Wildman–Crippen MR) is 38.5 cm³/mol. The van der Waals surface area contributed by atoms with Crippen LogP contribution in [0.3, 0.4) is 0 Å². The molecule has 0 aliphatic carbocycles. The van der Waals surface area contributed by atoms with Crippen molar-refractivity contribution in [2.45, 2.75) is 33.3 Å². The second-order valence-electron chi connectivity index (χ2n) is 3.31. The van der Waals surface area contributed by atoms with Crippen molar-refractivity contribution in [2.24, 2.45) is 11.8 Å². The van der Waals surface area contributed by atoms with Crippen molar-refractivity contribution in [3.63, 3.8) is 0 Å². The highest BCUT2D eigenvalue weighted by atomic mass is 16.5. The molecule has 0 N–H and O–H groups in total. The first-order valence-corrected chi connectivity index (χ1v) is 3.80. The van der Waals surface area contributed by atoms with Gasteiger partial charge in [-0.2, -0.15) is 0 Å². The van der Waals surface area contributed by atoms with Crippen LogP contribution in [0.25, 0.3) is 0 Å². The third kappa shape index (κ3) is 1.31. The first-order valence-electron chi connectivity index (χ1n) is 3.80. The molecule has 0 amide bonds. The van der Waals surface area contributed by atoms with Gasteiger partial charge >= 0.3 is 5.97 Å². The summed E-state index contributed by atoms with van der Waals surface area (Å²) < 4.78 is 5.00. The van der Waals surface area contributed by atoms with E-state index >= 15 is 0 Å². The highest BCUT2D eigenvalue weighted by Gasteiger charge is 2.33. The minimum atomic E-state index is -0.0359. The monoisotopic (exact) mass is 142 g/mol. The Bertz CT molecular complexity index is 140. The molecule has 1 aliphatic rings. The summed E-state index contributed by atoms with van der Waals surface area (Å²) >= 11 is 0. The zero-order valence-corrected chi connectivity index (χ0v) is 6.76. The van der Waals surface area contributed by atoms with Gasteiger partial charge in [0.15, 0.2) is 0 Å². The number of carbonyl (C=O) groups excluding carboxylic acids is 1. The third-order valence-electron chi connectivity index (χ3n) is 2.18. The van der Waals surface area contributed by atoms with E-state index in [1.807, 2.05) is 6.92 Å². The van der Waals surface area contributed by atoms with Crippen LogP contribution in [0.1, 0.15) is 27.2 Å². The molecule has 10 heavy (non-hydrogen) atoms. The molecule has 0 radical (unpaired) electrons. The maximum Gasteiger partial charge on any atom is 0.306 e. The molecule has 1 rings (SSSR count). The van der Waals surface area contributed by atoms with Gasteiger partial charge in [0.25, 0.3) is 0 Å². The molecule has 0 aromatic heterocycles. The number of hydrogen-bond donors (Lipinski definition) is 0. The molecule has 1 heterocycles. The van der Waals surface area contributed by atoms with Crippen molar-refractivity contribution >= 4 is 5.97 Å². The molecule has 1 unspecified atom stereocenters. The van der Waals surface area contributed by atoms with Crippen molar-refractivity contribution in [3.05, 3.63) is 0 Å². The first-order chi connectivity index (χ1) is 4.61. The summed E-state index contributed by atoms with van der Waals surface area (Å²) in [4.78, 5) is 10.7. The molecule has 1 saturated heterocycles. The molecule has 2 nitrogen and oxygen atoms in total. The fraction of sp³-hybridized carbons (Fsp3) is 0.875. The van der Waals surface area contributed by atoms with Crippen LogP contribution in [-0.2, 0) is 9.53 Å². The lowest BCUT2D eigenvalue weighted by Gasteiger charge is -2.15. The second-order valence-corrected chi connectivity index (χ2v) is 3.31. The highest BCUT2D eigenvalue weighted by molar-refractivity contribution is 5.72. The van der Waals surface area contributed by atoms with E-state index in [-0.39, 0.29) is 12.1 Å². The van der Waals surface area contributed by atoms with Crippen LogP contribution in [0.4, 0.5) is 0 Å². The average Bonchev–Trinajstić information content (AvgIpc) is 2.10. The molecule has 0 saturated carbocycles. The molecule has 0 aromatic rings. The van der Waals surface area contributed by atoms with E-state index in [4.69, 9.17) is 4.74 Å². The molecule has 0 aromatic carbocycles. The van der Waals surface area contributed by atoms with Crippen molar-refractivity contribution in [2.75, 3.05) is 0 Å². The molecule has 0 spiro atoms. The number of cyclic esters (lactones) is 1. The fourth-order valence-corrected chi connectivity index (χ4v) is 1.48. The Balaban J connectivity index is 2.54. The van der Waals surface area contributed by atoms with Crippen molar-refractivity contribution in [3.8, 4) is 0 Å². The van der Waals surface area contributed by atoms with E-state index in [1.165, 1.54) is 0 Å². The van der Waals surface area contributed by atoms with Gasteiger partial charge in [-0.3, -0.25) is 4.79 Å². The lowest BCUT2D eigenvalue weighted by atomic mass is 9.90. The first kappa shape index (κ1) is 7.58. The van der Waals surface area contributed by atoms with E-state index in [1.54, 1.807) is 0 Å². The molecule has 2 atom stereocenters. The van der Waals surface area contributed by atoms with Crippen LogP contribution in [0.2, 0.25) is 0 Å². The standard InChI is InChI=1S/C8H14O2/c1-5(2)7-4-8(9)10-6(7)3/h5-7H,4H2,1-3H3/t6?,7-/m0/s1. The topological polar surface area (TPSA) is 26.3 Å². The zero-order valence-electron chi connectivity index (χ0n) is 6.76. The Labute approximate surface area is 61.6 Å². The number of rotatable bonds is 1. The maximum atomic E-state index is 10.7. The summed E-state index contributed by atoms with van der Waals surface area (Å²) in [5.74, 6) is 0.958. The quantitative estimate of drug-likeness (QED) is 0.520. The lowest BCUT2D eigenvalue weighted by molar-refractivity contribution is -0.140. The molecular formula is C8H14O2. The average molecular weight is 142 g/mol. The number of ether oxygens (including phenoxy) is 1. The fourth-order valence-electron chi connectivity index (χ4n) is 1.48. The number of carbonyl (C=O) groups is 1. The SMILES string of the molecule is CC(C)[C@@H]1CC(=O)OC1C.